The number of aliphatic hydroxyl groups is 1. The Balaban J connectivity index is 2.73. The van der Waals surface area contributed by atoms with Crippen LogP contribution in [-0.2, 0) is 0 Å². The molecule has 1 atom stereocenters. The first kappa shape index (κ1) is 12.5. The second-order valence-electron chi connectivity index (χ2n) is 3.30. The summed E-state index contributed by atoms with van der Waals surface area (Å²) >= 11 is 1.88. The zero-order valence-electron chi connectivity index (χ0n) is 8.43. The van der Waals surface area contributed by atoms with Crippen molar-refractivity contribution in [2.24, 2.45) is 0 Å². The van der Waals surface area contributed by atoms with Crippen LogP contribution in [0.3, 0.4) is 0 Å². The second kappa shape index (κ2) is 5.50. The lowest BCUT2D eigenvalue weighted by Gasteiger charge is -2.13. The number of nitrogen functional groups attached to an aromatic ring is 1. The molecule has 0 bridgehead atoms. The Hall–Kier alpha value is -0.560. The fourth-order valence-corrected chi connectivity index (χ4v) is 1.58. The molecule has 84 valence electrons. The molecular weight excluding hydrogens is 310 g/mol. The normalized spacial score (nSPS) is 12.5. The minimum Gasteiger partial charge on any atom is -0.397 e. The topological polar surface area (TPSA) is 58.3 Å². The Kier molecular flexibility index (Phi) is 4.59. The number of anilines is 2. The van der Waals surface area contributed by atoms with E-state index in [-0.39, 0.29) is 5.82 Å². The minimum atomic E-state index is -0.438. The average Bonchev–Trinajstić information content (AvgIpc) is 2.21. The number of hydrogen-bond donors (Lipinski definition) is 3. The van der Waals surface area contributed by atoms with Crippen LogP contribution in [0.2, 0.25) is 0 Å². The maximum Gasteiger partial charge on any atom is 0.138 e. The molecule has 0 aliphatic rings. The molecule has 0 fully saturated rings. The third kappa shape index (κ3) is 3.49. The lowest BCUT2D eigenvalue weighted by molar-refractivity contribution is 0.183. The second-order valence-corrected chi connectivity index (χ2v) is 4.46. The fourth-order valence-electron chi connectivity index (χ4n) is 1.09. The summed E-state index contributed by atoms with van der Waals surface area (Å²) in [7, 11) is 0. The quantitative estimate of drug-likeness (QED) is 0.588. The summed E-state index contributed by atoms with van der Waals surface area (Å²) in [6.07, 6.45) is 0.214. The number of aliphatic hydroxyl groups excluding tert-OH is 1. The molecule has 1 unspecified atom stereocenters. The van der Waals surface area contributed by atoms with Crippen LogP contribution in [0.4, 0.5) is 15.8 Å². The molecule has 0 saturated carbocycles. The first-order chi connectivity index (χ1) is 7.04. The van der Waals surface area contributed by atoms with Gasteiger partial charge in [-0.05, 0) is 35.1 Å². The smallest absolute Gasteiger partial charge is 0.138 e. The van der Waals surface area contributed by atoms with Gasteiger partial charge in [-0.3, -0.25) is 0 Å². The first-order valence-electron chi connectivity index (χ1n) is 4.71. The molecule has 15 heavy (non-hydrogen) atoms. The molecule has 0 aromatic heterocycles. The van der Waals surface area contributed by atoms with Crippen LogP contribution < -0.4 is 11.1 Å². The summed E-state index contributed by atoms with van der Waals surface area (Å²) in [5.74, 6) is -0.307. The molecule has 1 aromatic carbocycles. The van der Waals surface area contributed by atoms with Crippen molar-refractivity contribution in [3.63, 3.8) is 0 Å². The van der Waals surface area contributed by atoms with Gasteiger partial charge in [0.05, 0.1) is 21.0 Å². The van der Waals surface area contributed by atoms with Gasteiger partial charge in [-0.15, -0.1) is 0 Å². The van der Waals surface area contributed by atoms with E-state index in [1.165, 1.54) is 6.07 Å². The standard InChI is InChI=1S/C10H14FIN2O/c1-2-6(15)5-14-10-3-7(11)8(12)4-9(10)13/h3-4,6,14-15H,2,5,13H2,1H3. The van der Waals surface area contributed by atoms with Gasteiger partial charge in [0, 0.05) is 12.6 Å². The maximum absolute atomic E-state index is 13.2. The minimum absolute atomic E-state index is 0.307. The molecule has 0 spiro atoms. The van der Waals surface area contributed by atoms with Crippen molar-refractivity contribution in [2.75, 3.05) is 17.6 Å². The molecule has 0 aliphatic carbocycles. The van der Waals surface area contributed by atoms with Gasteiger partial charge >= 0.3 is 0 Å². The summed E-state index contributed by atoms with van der Waals surface area (Å²) < 4.78 is 13.7. The molecule has 0 heterocycles. The largest absolute Gasteiger partial charge is 0.397 e. The zero-order valence-corrected chi connectivity index (χ0v) is 10.6. The van der Waals surface area contributed by atoms with Crippen molar-refractivity contribution >= 4 is 34.0 Å². The van der Waals surface area contributed by atoms with Gasteiger partial charge in [-0.1, -0.05) is 6.92 Å². The van der Waals surface area contributed by atoms with Crippen LogP contribution in [0.1, 0.15) is 13.3 Å². The van der Waals surface area contributed by atoms with Crippen molar-refractivity contribution in [3.05, 3.63) is 21.5 Å². The lowest BCUT2D eigenvalue weighted by Crippen LogP contribution is -2.19. The third-order valence-electron chi connectivity index (χ3n) is 2.09. The summed E-state index contributed by atoms with van der Waals surface area (Å²) in [6.45, 7) is 2.25. The van der Waals surface area contributed by atoms with Crippen LogP contribution in [0.15, 0.2) is 12.1 Å². The number of halogens is 2. The van der Waals surface area contributed by atoms with Gasteiger partial charge in [0.2, 0.25) is 0 Å². The van der Waals surface area contributed by atoms with Crippen LogP contribution in [0, 0.1) is 9.39 Å². The summed E-state index contributed by atoms with van der Waals surface area (Å²) in [5.41, 5.74) is 6.72. The third-order valence-corrected chi connectivity index (χ3v) is 2.92. The highest BCUT2D eigenvalue weighted by Gasteiger charge is 2.07. The van der Waals surface area contributed by atoms with E-state index in [1.807, 2.05) is 29.5 Å². The van der Waals surface area contributed by atoms with E-state index in [0.717, 1.165) is 0 Å². The highest BCUT2D eigenvalue weighted by molar-refractivity contribution is 14.1. The highest BCUT2D eigenvalue weighted by Crippen LogP contribution is 2.23. The summed E-state index contributed by atoms with van der Waals surface area (Å²) in [5, 5.41) is 12.2. The molecule has 3 nitrogen and oxygen atoms in total. The van der Waals surface area contributed by atoms with Crippen molar-refractivity contribution in [2.45, 2.75) is 19.4 Å². The van der Waals surface area contributed by atoms with Gasteiger partial charge in [-0.2, -0.15) is 0 Å². The molecule has 0 amide bonds. The Morgan fingerprint density at radius 2 is 2.27 bits per heavy atom. The molecular formula is C10H14FIN2O. The Morgan fingerprint density at radius 3 is 2.87 bits per heavy atom. The van der Waals surface area contributed by atoms with E-state index < -0.39 is 6.10 Å². The number of benzene rings is 1. The lowest BCUT2D eigenvalue weighted by atomic mass is 10.2. The van der Waals surface area contributed by atoms with Crippen molar-refractivity contribution in [1.29, 1.82) is 0 Å². The van der Waals surface area contributed by atoms with E-state index in [2.05, 4.69) is 5.32 Å². The van der Waals surface area contributed by atoms with E-state index in [9.17, 15) is 9.50 Å². The highest BCUT2D eigenvalue weighted by atomic mass is 127. The first-order valence-corrected chi connectivity index (χ1v) is 5.79. The van der Waals surface area contributed by atoms with Gasteiger partial charge in [0.1, 0.15) is 5.82 Å². The van der Waals surface area contributed by atoms with E-state index >= 15 is 0 Å². The monoisotopic (exact) mass is 324 g/mol. The van der Waals surface area contributed by atoms with Crippen molar-refractivity contribution < 1.29 is 9.50 Å². The molecule has 0 saturated heterocycles. The van der Waals surface area contributed by atoms with Crippen LogP contribution >= 0.6 is 22.6 Å². The summed E-state index contributed by atoms with van der Waals surface area (Å²) in [6, 6.07) is 2.91. The van der Waals surface area contributed by atoms with Gasteiger partial charge in [0.25, 0.3) is 0 Å². The summed E-state index contributed by atoms with van der Waals surface area (Å²) in [4.78, 5) is 0. The predicted octanol–water partition coefficient (Wildman–Crippen LogP) is 2.20. The van der Waals surface area contributed by atoms with Crippen LogP contribution in [0.25, 0.3) is 0 Å². The number of hydrogen-bond acceptors (Lipinski definition) is 3. The molecule has 1 rings (SSSR count). The van der Waals surface area contributed by atoms with E-state index in [0.29, 0.717) is 27.9 Å². The zero-order chi connectivity index (χ0) is 11.4. The molecule has 1 aromatic rings. The number of nitrogens with two attached hydrogens (primary N) is 1. The van der Waals surface area contributed by atoms with Gasteiger partial charge in [-0.25, -0.2) is 4.39 Å². The molecule has 0 radical (unpaired) electrons. The van der Waals surface area contributed by atoms with E-state index in [1.54, 1.807) is 6.07 Å². The van der Waals surface area contributed by atoms with Crippen molar-refractivity contribution in [3.8, 4) is 0 Å². The van der Waals surface area contributed by atoms with E-state index in [4.69, 9.17) is 5.73 Å². The Labute approximate surface area is 102 Å². The fraction of sp³-hybridized carbons (Fsp3) is 0.400. The van der Waals surface area contributed by atoms with Crippen LogP contribution in [0.5, 0.6) is 0 Å². The predicted molar refractivity (Wildman–Crippen MR) is 68.3 cm³/mol. The van der Waals surface area contributed by atoms with Crippen molar-refractivity contribution in [1.82, 2.24) is 0 Å². The molecule has 0 aliphatic heterocycles. The average molecular weight is 324 g/mol. The Morgan fingerprint density at radius 1 is 1.60 bits per heavy atom. The molecule has 4 N–H and O–H groups in total. The SMILES string of the molecule is CCC(O)CNc1cc(F)c(I)cc1N. The Bertz CT molecular complexity index is 346. The van der Waals surface area contributed by atoms with Gasteiger partial charge < -0.3 is 16.2 Å². The maximum atomic E-state index is 13.2. The number of nitrogens with one attached hydrogen (secondary N) is 1. The number of rotatable bonds is 4. The van der Waals surface area contributed by atoms with Gasteiger partial charge in [0.15, 0.2) is 0 Å². The molecule has 5 heteroatoms. The van der Waals surface area contributed by atoms with Crippen LogP contribution in [-0.4, -0.2) is 17.8 Å².